The Hall–Kier alpha value is -1.76. The Balaban J connectivity index is 1.64. The highest BCUT2D eigenvalue weighted by Crippen LogP contribution is 2.72. The SMILES string of the molecule is O=C(Nc1ccc(Br)c(F)c1F)C1[C@H](C(=O)O)[C@H]2C=C[C@@H]1C21CC1. The maximum absolute atomic E-state index is 14.0. The Kier molecular flexibility index (Phi) is 3.36. The number of hydrogen-bond donors (Lipinski definition) is 2. The van der Waals surface area contributed by atoms with Crippen LogP contribution < -0.4 is 5.32 Å². The Labute approximate surface area is 145 Å². The van der Waals surface area contributed by atoms with E-state index in [2.05, 4.69) is 21.2 Å². The molecule has 1 amide bonds. The van der Waals surface area contributed by atoms with Gasteiger partial charge >= 0.3 is 5.97 Å². The average molecular weight is 398 g/mol. The maximum Gasteiger partial charge on any atom is 0.307 e. The summed E-state index contributed by atoms with van der Waals surface area (Å²) in [5.74, 6) is -5.70. The zero-order chi connectivity index (χ0) is 17.2. The molecule has 4 rings (SSSR count). The highest BCUT2D eigenvalue weighted by Gasteiger charge is 2.70. The van der Waals surface area contributed by atoms with Gasteiger partial charge in [-0.2, -0.15) is 0 Å². The van der Waals surface area contributed by atoms with Crippen molar-refractivity contribution in [3.05, 3.63) is 40.4 Å². The number of carboxylic acid groups (broad SMARTS) is 1. The van der Waals surface area contributed by atoms with Crippen LogP contribution in [0.4, 0.5) is 14.5 Å². The molecular formula is C17H14BrF2NO3. The van der Waals surface area contributed by atoms with Crippen molar-refractivity contribution in [2.75, 3.05) is 5.32 Å². The number of anilines is 1. The van der Waals surface area contributed by atoms with Crippen molar-refractivity contribution in [1.29, 1.82) is 0 Å². The number of aliphatic carboxylic acids is 1. The number of carbonyl (C=O) groups is 2. The molecule has 2 saturated carbocycles. The van der Waals surface area contributed by atoms with Crippen LogP contribution >= 0.6 is 15.9 Å². The fourth-order valence-corrected chi connectivity index (χ4v) is 4.84. The van der Waals surface area contributed by atoms with Gasteiger partial charge in [-0.25, -0.2) is 8.78 Å². The summed E-state index contributed by atoms with van der Waals surface area (Å²) in [6.07, 6.45) is 5.63. The van der Waals surface area contributed by atoms with Crippen molar-refractivity contribution in [2.45, 2.75) is 12.8 Å². The van der Waals surface area contributed by atoms with E-state index in [0.29, 0.717) is 0 Å². The fraction of sp³-hybridized carbons (Fsp3) is 0.412. The second-order valence-corrected chi connectivity index (χ2v) is 7.63. The molecule has 2 N–H and O–H groups in total. The number of benzene rings is 1. The van der Waals surface area contributed by atoms with Gasteiger partial charge in [0.25, 0.3) is 0 Å². The molecule has 2 fully saturated rings. The number of allylic oxidation sites excluding steroid dienone is 2. The van der Waals surface area contributed by atoms with Gasteiger partial charge in [-0.3, -0.25) is 9.59 Å². The molecule has 0 saturated heterocycles. The van der Waals surface area contributed by atoms with Gasteiger partial charge in [0.15, 0.2) is 11.6 Å². The first-order valence-electron chi connectivity index (χ1n) is 7.72. The van der Waals surface area contributed by atoms with Gasteiger partial charge in [0, 0.05) is 0 Å². The Morgan fingerprint density at radius 1 is 1.12 bits per heavy atom. The molecular weight excluding hydrogens is 384 g/mol. The smallest absolute Gasteiger partial charge is 0.307 e. The molecule has 7 heteroatoms. The summed E-state index contributed by atoms with van der Waals surface area (Å²) in [6, 6.07) is 2.55. The molecule has 0 radical (unpaired) electrons. The molecule has 3 aliphatic carbocycles. The summed E-state index contributed by atoms with van der Waals surface area (Å²) in [5, 5.41) is 11.9. The van der Waals surface area contributed by atoms with Gasteiger partial charge in [-0.1, -0.05) is 12.2 Å². The zero-order valence-electron chi connectivity index (χ0n) is 12.4. The van der Waals surface area contributed by atoms with Crippen LogP contribution in [0.3, 0.4) is 0 Å². The van der Waals surface area contributed by atoms with E-state index in [1.54, 1.807) is 0 Å². The van der Waals surface area contributed by atoms with Crippen molar-refractivity contribution >= 4 is 33.5 Å². The summed E-state index contributed by atoms with van der Waals surface area (Å²) in [7, 11) is 0. The number of amides is 1. The molecule has 126 valence electrons. The molecule has 0 heterocycles. The molecule has 3 aliphatic rings. The van der Waals surface area contributed by atoms with Gasteiger partial charge in [-0.05, 0) is 58.2 Å². The molecule has 1 aromatic rings. The minimum absolute atomic E-state index is 0.0406. The first-order valence-corrected chi connectivity index (χ1v) is 8.51. The van der Waals surface area contributed by atoms with E-state index in [4.69, 9.17) is 0 Å². The van der Waals surface area contributed by atoms with Gasteiger partial charge in [0.2, 0.25) is 5.91 Å². The van der Waals surface area contributed by atoms with Crippen LogP contribution in [0.1, 0.15) is 12.8 Å². The molecule has 24 heavy (non-hydrogen) atoms. The monoisotopic (exact) mass is 397 g/mol. The number of carboxylic acids is 1. The molecule has 1 spiro atoms. The van der Waals surface area contributed by atoms with Crippen LogP contribution in [0, 0.1) is 40.7 Å². The number of hydrogen-bond acceptors (Lipinski definition) is 2. The number of halogens is 3. The lowest BCUT2D eigenvalue weighted by Gasteiger charge is -2.24. The average Bonchev–Trinajstić information content (AvgIpc) is 3.21. The van der Waals surface area contributed by atoms with Crippen LogP contribution in [0.5, 0.6) is 0 Å². The number of nitrogens with one attached hydrogen (secondary N) is 1. The van der Waals surface area contributed by atoms with Gasteiger partial charge in [-0.15, -0.1) is 0 Å². The third-order valence-corrected chi connectivity index (χ3v) is 6.33. The topological polar surface area (TPSA) is 66.4 Å². The summed E-state index contributed by atoms with van der Waals surface area (Å²) in [5.41, 5.74) is -0.393. The first kappa shape index (κ1) is 15.7. The van der Waals surface area contributed by atoms with Crippen LogP contribution in [0.25, 0.3) is 0 Å². The van der Waals surface area contributed by atoms with E-state index in [1.165, 1.54) is 12.1 Å². The van der Waals surface area contributed by atoms with Crippen molar-refractivity contribution in [3.8, 4) is 0 Å². The summed E-state index contributed by atoms with van der Waals surface area (Å²) >= 11 is 2.88. The third-order valence-electron chi connectivity index (χ3n) is 5.72. The minimum Gasteiger partial charge on any atom is -0.481 e. The van der Waals surface area contributed by atoms with Gasteiger partial charge in [0.05, 0.1) is 22.0 Å². The quantitative estimate of drug-likeness (QED) is 0.604. The van der Waals surface area contributed by atoms with Crippen LogP contribution in [-0.2, 0) is 9.59 Å². The Morgan fingerprint density at radius 3 is 2.33 bits per heavy atom. The lowest BCUT2D eigenvalue weighted by molar-refractivity contribution is -0.146. The largest absolute Gasteiger partial charge is 0.481 e. The van der Waals surface area contributed by atoms with Crippen molar-refractivity contribution in [3.63, 3.8) is 0 Å². The van der Waals surface area contributed by atoms with Crippen molar-refractivity contribution in [2.24, 2.45) is 29.1 Å². The predicted molar refractivity (Wildman–Crippen MR) is 85.1 cm³/mol. The number of rotatable bonds is 3. The zero-order valence-corrected chi connectivity index (χ0v) is 14.0. The summed E-state index contributed by atoms with van der Waals surface area (Å²) in [4.78, 5) is 24.4. The lowest BCUT2D eigenvalue weighted by atomic mass is 9.82. The molecule has 4 nitrogen and oxygen atoms in total. The predicted octanol–water partition coefficient (Wildman–Crippen LogP) is 3.58. The molecule has 1 aromatic carbocycles. The summed E-state index contributed by atoms with van der Waals surface area (Å²) in [6.45, 7) is 0. The highest BCUT2D eigenvalue weighted by atomic mass is 79.9. The van der Waals surface area contributed by atoms with Crippen LogP contribution in [0.15, 0.2) is 28.8 Å². The van der Waals surface area contributed by atoms with E-state index in [-0.39, 0.29) is 27.4 Å². The normalized spacial score (nSPS) is 31.5. The maximum atomic E-state index is 14.0. The second-order valence-electron chi connectivity index (χ2n) is 6.77. The van der Waals surface area contributed by atoms with Crippen LogP contribution in [0.2, 0.25) is 0 Å². The molecule has 0 aliphatic heterocycles. The summed E-state index contributed by atoms with van der Waals surface area (Å²) < 4.78 is 27.6. The second kappa shape index (κ2) is 5.12. The molecule has 0 aromatic heterocycles. The highest BCUT2D eigenvalue weighted by molar-refractivity contribution is 9.10. The van der Waals surface area contributed by atoms with Crippen molar-refractivity contribution < 1.29 is 23.5 Å². The molecule has 1 unspecified atom stereocenters. The first-order chi connectivity index (χ1) is 11.4. The van der Waals surface area contributed by atoms with Gasteiger partial charge < -0.3 is 10.4 Å². The fourth-order valence-electron chi connectivity index (χ4n) is 4.53. The van der Waals surface area contributed by atoms with E-state index >= 15 is 0 Å². The lowest BCUT2D eigenvalue weighted by Crippen LogP contribution is -2.36. The van der Waals surface area contributed by atoms with Crippen LogP contribution in [-0.4, -0.2) is 17.0 Å². The van der Waals surface area contributed by atoms with E-state index in [9.17, 15) is 23.5 Å². The van der Waals surface area contributed by atoms with E-state index < -0.39 is 35.3 Å². The van der Waals surface area contributed by atoms with E-state index in [0.717, 1.165) is 12.8 Å². The Morgan fingerprint density at radius 2 is 1.75 bits per heavy atom. The van der Waals surface area contributed by atoms with Gasteiger partial charge in [0.1, 0.15) is 0 Å². The van der Waals surface area contributed by atoms with Crippen molar-refractivity contribution in [1.82, 2.24) is 0 Å². The standard InChI is InChI=1S/C17H14BrF2NO3/c18-9-3-4-10(14(20)13(9)19)21-15(22)11-7-1-2-8(12(11)16(23)24)17(7)5-6-17/h1-4,7-8,11-12H,5-6H2,(H,21,22)(H,23,24)/t7-,8+,11?,12+/m0/s1. The Bertz CT molecular complexity index is 790. The number of carbonyl (C=O) groups excluding carboxylic acids is 1. The van der Waals surface area contributed by atoms with E-state index in [1.807, 2.05) is 12.2 Å². The molecule has 2 bridgehead atoms. The molecule has 4 atom stereocenters. The third kappa shape index (κ3) is 2.00. The minimum atomic E-state index is -1.16.